The summed E-state index contributed by atoms with van der Waals surface area (Å²) in [5, 5.41) is 12.1. The highest BCUT2D eigenvalue weighted by molar-refractivity contribution is 5.98. The summed E-state index contributed by atoms with van der Waals surface area (Å²) in [6.07, 6.45) is 6.47. The van der Waals surface area contributed by atoms with Gasteiger partial charge >= 0.3 is 5.97 Å². The van der Waals surface area contributed by atoms with Gasteiger partial charge in [-0.1, -0.05) is 18.2 Å². The number of allylic oxidation sites excluding steroid dienone is 2. The second kappa shape index (κ2) is 7.51. The van der Waals surface area contributed by atoms with Crippen LogP contribution in [0.2, 0.25) is 0 Å². The number of hydrogen-bond donors (Lipinski definition) is 2. The SMILES string of the molecule is O=C(O)[C@@H]1CC=CC[C@H]1C(=O)Nc1cccc(C(=O)N2CCCC2)c1. The molecule has 132 valence electrons. The van der Waals surface area contributed by atoms with Crippen molar-refractivity contribution in [2.45, 2.75) is 25.7 Å². The number of aliphatic carboxylic acids is 1. The van der Waals surface area contributed by atoms with Crippen LogP contribution < -0.4 is 5.32 Å². The fourth-order valence-electron chi connectivity index (χ4n) is 3.44. The molecule has 6 heteroatoms. The molecule has 1 aromatic rings. The second-order valence-corrected chi connectivity index (χ2v) is 6.56. The molecule has 1 fully saturated rings. The second-order valence-electron chi connectivity index (χ2n) is 6.56. The lowest BCUT2D eigenvalue weighted by molar-refractivity contribution is -0.146. The first kappa shape index (κ1) is 17.2. The van der Waals surface area contributed by atoms with Crippen molar-refractivity contribution in [1.29, 1.82) is 0 Å². The van der Waals surface area contributed by atoms with Crippen LogP contribution in [0.3, 0.4) is 0 Å². The number of carbonyl (C=O) groups is 3. The van der Waals surface area contributed by atoms with Crippen molar-refractivity contribution in [3.8, 4) is 0 Å². The summed E-state index contributed by atoms with van der Waals surface area (Å²) in [7, 11) is 0. The molecule has 6 nitrogen and oxygen atoms in total. The molecule has 0 saturated carbocycles. The van der Waals surface area contributed by atoms with Gasteiger partial charge in [0.25, 0.3) is 5.91 Å². The van der Waals surface area contributed by atoms with Gasteiger partial charge < -0.3 is 15.3 Å². The van der Waals surface area contributed by atoms with Gasteiger partial charge in [0.2, 0.25) is 5.91 Å². The molecule has 25 heavy (non-hydrogen) atoms. The first-order valence-corrected chi connectivity index (χ1v) is 8.64. The molecule has 0 bridgehead atoms. The van der Waals surface area contributed by atoms with Crippen molar-refractivity contribution in [3.05, 3.63) is 42.0 Å². The summed E-state index contributed by atoms with van der Waals surface area (Å²) in [5.41, 5.74) is 1.06. The number of nitrogens with zero attached hydrogens (tertiary/aromatic N) is 1. The topological polar surface area (TPSA) is 86.7 Å². The van der Waals surface area contributed by atoms with E-state index in [1.54, 1.807) is 30.3 Å². The van der Waals surface area contributed by atoms with Crippen molar-refractivity contribution in [3.63, 3.8) is 0 Å². The van der Waals surface area contributed by atoms with Gasteiger partial charge in [0.05, 0.1) is 11.8 Å². The van der Waals surface area contributed by atoms with E-state index in [2.05, 4.69) is 5.32 Å². The summed E-state index contributed by atoms with van der Waals surface area (Å²) >= 11 is 0. The fourth-order valence-corrected chi connectivity index (χ4v) is 3.44. The number of benzene rings is 1. The van der Waals surface area contributed by atoms with Gasteiger partial charge in [0.1, 0.15) is 0 Å². The maximum Gasteiger partial charge on any atom is 0.307 e. The lowest BCUT2D eigenvalue weighted by atomic mass is 9.82. The zero-order valence-electron chi connectivity index (χ0n) is 14.0. The van der Waals surface area contributed by atoms with E-state index < -0.39 is 17.8 Å². The number of carboxylic acids is 1. The van der Waals surface area contributed by atoms with Gasteiger partial charge in [0.15, 0.2) is 0 Å². The third kappa shape index (κ3) is 3.90. The van der Waals surface area contributed by atoms with E-state index in [0.29, 0.717) is 24.1 Å². The minimum absolute atomic E-state index is 0.0300. The number of rotatable bonds is 4. The first-order valence-electron chi connectivity index (χ1n) is 8.64. The minimum Gasteiger partial charge on any atom is -0.481 e. The van der Waals surface area contributed by atoms with E-state index in [-0.39, 0.29) is 11.8 Å². The monoisotopic (exact) mass is 342 g/mol. The number of hydrogen-bond acceptors (Lipinski definition) is 3. The number of likely N-dealkylation sites (tertiary alicyclic amines) is 1. The molecule has 0 unspecified atom stereocenters. The Labute approximate surface area is 146 Å². The van der Waals surface area contributed by atoms with E-state index >= 15 is 0 Å². The highest BCUT2D eigenvalue weighted by Gasteiger charge is 2.34. The first-order chi connectivity index (χ1) is 12.1. The predicted octanol–water partition coefficient (Wildman–Crippen LogP) is 2.53. The van der Waals surface area contributed by atoms with Crippen LogP contribution in [-0.4, -0.2) is 40.9 Å². The third-order valence-corrected chi connectivity index (χ3v) is 4.86. The molecule has 2 amide bonds. The number of carboxylic acid groups (broad SMARTS) is 1. The molecule has 1 aliphatic heterocycles. The number of nitrogens with one attached hydrogen (secondary N) is 1. The lowest BCUT2D eigenvalue weighted by Crippen LogP contribution is -2.34. The molecular formula is C19H22N2O4. The summed E-state index contributed by atoms with van der Waals surface area (Å²) in [5.74, 6) is -2.61. The smallest absolute Gasteiger partial charge is 0.307 e. The highest BCUT2D eigenvalue weighted by atomic mass is 16.4. The van der Waals surface area contributed by atoms with E-state index in [4.69, 9.17) is 0 Å². The Hall–Kier alpha value is -2.63. The molecule has 0 spiro atoms. The highest BCUT2D eigenvalue weighted by Crippen LogP contribution is 2.27. The van der Waals surface area contributed by atoms with E-state index in [1.165, 1.54) is 0 Å². The van der Waals surface area contributed by atoms with Gasteiger partial charge in [-0.05, 0) is 43.9 Å². The molecule has 2 aliphatic rings. The summed E-state index contributed by atoms with van der Waals surface area (Å²) in [6, 6.07) is 6.84. The Morgan fingerprint density at radius 3 is 2.40 bits per heavy atom. The Balaban J connectivity index is 1.71. The van der Waals surface area contributed by atoms with Gasteiger partial charge in [-0.15, -0.1) is 0 Å². The third-order valence-electron chi connectivity index (χ3n) is 4.86. The Bertz CT molecular complexity index is 707. The van der Waals surface area contributed by atoms with Crippen molar-refractivity contribution < 1.29 is 19.5 Å². The van der Waals surface area contributed by atoms with E-state index in [9.17, 15) is 19.5 Å². The normalized spacial score (nSPS) is 22.6. The maximum atomic E-state index is 12.5. The van der Waals surface area contributed by atoms with Crippen LogP contribution in [0.15, 0.2) is 36.4 Å². The molecule has 0 aromatic heterocycles. The van der Waals surface area contributed by atoms with Crippen LogP contribution >= 0.6 is 0 Å². The van der Waals surface area contributed by atoms with Crippen molar-refractivity contribution in [2.75, 3.05) is 18.4 Å². The molecule has 2 atom stereocenters. The lowest BCUT2D eigenvalue weighted by Gasteiger charge is -2.24. The van der Waals surface area contributed by atoms with Gasteiger partial charge in [-0.2, -0.15) is 0 Å². The molecule has 0 radical (unpaired) electrons. The zero-order chi connectivity index (χ0) is 17.8. The molecular weight excluding hydrogens is 320 g/mol. The Kier molecular flexibility index (Phi) is 5.16. The Morgan fingerprint density at radius 2 is 1.72 bits per heavy atom. The molecule has 1 aliphatic carbocycles. The number of carbonyl (C=O) groups excluding carboxylic acids is 2. The van der Waals surface area contributed by atoms with Crippen LogP contribution in [-0.2, 0) is 9.59 Å². The van der Waals surface area contributed by atoms with Crippen LogP contribution in [0, 0.1) is 11.8 Å². The maximum absolute atomic E-state index is 12.5. The molecule has 1 saturated heterocycles. The zero-order valence-corrected chi connectivity index (χ0v) is 14.0. The van der Waals surface area contributed by atoms with Crippen molar-refractivity contribution >= 4 is 23.5 Å². The van der Waals surface area contributed by atoms with Crippen molar-refractivity contribution in [2.24, 2.45) is 11.8 Å². The Morgan fingerprint density at radius 1 is 1.04 bits per heavy atom. The predicted molar refractivity (Wildman–Crippen MR) is 93.2 cm³/mol. The standard InChI is InChI=1S/C19H22N2O4/c22-17(15-8-1-2-9-16(15)19(24)25)20-14-7-5-6-13(12-14)18(23)21-10-3-4-11-21/h1-2,5-7,12,15-16H,3-4,8-11H2,(H,20,22)(H,24,25)/t15-,16-/m1/s1. The average molecular weight is 342 g/mol. The molecule has 2 N–H and O–H groups in total. The van der Waals surface area contributed by atoms with E-state index in [0.717, 1.165) is 25.9 Å². The van der Waals surface area contributed by atoms with Crippen LogP contribution in [0.1, 0.15) is 36.0 Å². The van der Waals surface area contributed by atoms with Gasteiger partial charge in [-0.3, -0.25) is 14.4 Å². The largest absolute Gasteiger partial charge is 0.481 e. The van der Waals surface area contributed by atoms with Crippen LogP contribution in [0.5, 0.6) is 0 Å². The average Bonchev–Trinajstić information content (AvgIpc) is 3.16. The summed E-state index contributed by atoms with van der Waals surface area (Å²) < 4.78 is 0. The van der Waals surface area contributed by atoms with Gasteiger partial charge in [-0.25, -0.2) is 0 Å². The molecule has 1 heterocycles. The number of anilines is 1. The summed E-state index contributed by atoms with van der Waals surface area (Å²) in [6.45, 7) is 1.54. The molecule has 3 rings (SSSR count). The van der Waals surface area contributed by atoms with E-state index in [1.807, 2.05) is 11.0 Å². The minimum atomic E-state index is -0.956. The molecule has 1 aromatic carbocycles. The van der Waals surface area contributed by atoms with Gasteiger partial charge in [0, 0.05) is 24.3 Å². The van der Waals surface area contributed by atoms with Crippen molar-refractivity contribution in [1.82, 2.24) is 4.90 Å². The quantitative estimate of drug-likeness (QED) is 0.823. The number of amides is 2. The van der Waals surface area contributed by atoms with Crippen LogP contribution in [0.25, 0.3) is 0 Å². The summed E-state index contributed by atoms with van der Waals surface area (Å²) in [4.78, 5) is 38.1. The van der Waals surface area contributed by atoms with Crippen LogP contribution in [0.4, 0.5) is 5.69 Å². The fraction of sp³-hybridized carbons (Fsp3) is 0.421.